The van der Waals surface area contributed by atoms with Gasteiger partial charge in [0.25, 0.3) is 0 Å². The molecule has 0 spiro atoms. The fourth-order valence-electron chi connectivity index (χ4n) is 3.87. The van der Waals surface area contributed by atoms with E-state index >= 15 is 0 Å². The molecule has 1 amide bonds. The molecule has 0 unspecified atom stereocenters. The predicted octanol–water partition coefficient (Wildman–Crippen LogP) is 6.79. The average Bonchev–Trinajstić information content (AvgIpc) is 3.56. The molecule has 0 saturated carbocycles. The third-order valence-electron chi connectivity index (χ3n) is 5.32. The molecule has 5 rings (SSSR count). The van der Waals surface area contributed by atoms with Crippen molar-refractivity contribution >= 4 is 34.5 Å². The van der Waals surface area contributed by atoms with Gasteiger partial charge in [-0.1, -0.05) is 40.2 Å². The smallest absolute Gasteiger partial charge is 0.355 e. The van der Waals surface area contributed by atoms with E-state index in [1.165, 1.54) is 43.3 Å². The van der Waals surface area contributed by atoms with Gasteiger partial charge >= 0.3 is 6.18 Å². The van der Waals surface area contributed by atoms with Gasteiger partial charge in [-0.25, -0.2) is 9.07 Å². The van der Waals surface area contributed by atoms with Gasteiger partial charge in [-0.15, -0.1) is 10.2 Å². The Morgan fingerprint density at radius 2 is 1.89 bits per heavy atom. The third-order valence-corrected chi connectivity index (χ3v) is 6.50. The van der Waals surface area contributed by atoms with Crippen LogP contribution in [-0.2, 0) is 11.0 Å². The number of benzene rings is 2. The lowest BCUT2D eigenvalue weighted by atomic mass is 10.0. The van der Waals surface area contributed by atoms with E-state index in [9.17, 15) is 22.4 Å². The lowest BCUT2D eigenvalue weighted by Gasteiger charge is -2.13. The van der Waals surface area contributed by atoms with Crippen LogP contribution in [0.25, 0.3) is 38.8 Å². The number of rotatable bonds is 5. The Balaban J connectivity index is 1.77. The first-order valence-corrected chi connectivity index (χ1v) is 12.0. The quantitative estimate of drug-likeness (QED) is 0.237. The highest BCUT2D eigenvalue weighted by Crippen LogP contribution is 2.47. The van der Waals surface area contributed by atoms with E-state index in [4.69, 9.17) is 16.1 Å². The molecular weight excluding hydrogens is 548 g/mol. The van der Waals surface area contributed by atoms with Crippen molar-refractivity contribution in [3.8, 4) is 38.8 Å². The zero-order valence-electron chi connectivity index (χ0n) is 19.5. The number of hydrogen-bond acceptors (Lipinski definition) is 7. The molecule has 0 aliphatic heterocycles. The number of alkyl halides is 3. The van der Waals surface area contributed by atoms with E-state index in [0.717, 1.165) is 23.6 Å². The number of carbonyl (C=O) groups is 1. The largest absolute Gasteiger partial charge is 0.434 e. The second-order valence-corrected chi connectivity index (χ2v) is 9.59. The van der Waals surface area contributed by atoms with Crippen LogP contribution in [0.3, 0.4) is 0 Å². The molecule has 5 aromatic rings. The van der Waals surface area contributed by atoms with Gasteiger partial charge in [0.1, 0.15) is 16.5 Å². The van der Waals surface area contributed by atoms with Gasteiger partial charge in [0.15, 0.2) is 16.5 Å². The SMILES string of the molecule is CC(=O)Nc1cccc(-n2ncc(-c3onc(-c4c(F)cccc4Cl)c3-c3nnc(C)s3)c2C(F)(F)F)c1. The third kappa shape index (κ3) is 4.65. The maximum absolute atomic E-state index is 14.8. The van der Waals surface area contributed by atoms with Gasteiger partial charge in [-0.05, 0) is 37.3 Å². The van der Waals surface area contributed by atoms with Crippen LogP contribution < -0.4 is 5.32 Å². The van der Waals surface area contributed by atoms with Crippen LogP contribution >= 0.6 is 22.9 Å². The lowest BCUT2D eigenvalue weighted by molar-refractivity contribution is -0.142. The first-order valence-electron chi connectivity index (χ1n) is 10.8. The first kappa shape index (κ1) is 25.5. The molecule has 8 nitrogen and oxygen atoms in total. The van der Waals surface area contributed by atoms with Crippen molar-refractivity contribution in [2.45, 2.75) is 20.0 Å². The van der Waals surface area contributed by atoms with Gasteiger partial charge in [0.2, 0.25) is 5.91 Å². The normalized spacial score (nSPS) is 11.7. The van der Waals surface area contributed by atoms with Crippen LogP contribution in [-0.4, -0.2) is 31.0 Å². The molecule has 194 valence electrons. The molecule has 0 aliphatic carbocycles. The zero-order chi connectivity index (χ0) is 27.2. The summed E-state index contributed by atoms with van der Waals surface area (Å²) >= 11 is 7.30. The van der Waals surface area contributed by atoms with E-state index < -0.39 is 29.2 Å². The molecule has 0 aliphatic rings. The van der Waals surface area contributed by atoms with E-state index in [-0.39, 0.29) is 44.0 Å². The topological polar surface area (TPSA) is 98.7 Å². The number of aryl methyl sites for hydroxylation is 1. The fraction of sp³-hybridized carbons (Fsp3) is 0.125. The minimum atomic E-state index is -4.91. The minimum absolute atomic E-state index is 0.0142. The van der Waals surface area contributed by atoms with E-state index in [1.807, 2.05) is 0 Å². The monoisotopic (exact) mass is 562 g/mol. The molecule has 0 atom stereocenters. The van der Waals surface area contributed by atoms with Crippen molar-refractivity contribution in [2.24, 2.45) is 0 Å². The number of amides is 1. The fourth-order valence-corrected chi connectivity index (χ4v) is 4.85. The Hall–Kier alpha value is -4.10. The number of carbonyl (C=O) groups excluding carboxylic acids is 1. The van der Waals surface area contributed by atoms with E-state index in [1.54, 1.807) is 6.92 Å². The van der Waals surface area contributed by atoms with Gasteiger partial charge in [0.05, 0.1) is 33.6 Å². The summed E-state index contributed by atoms with van der Waals surface area (Å²) in [5.41, 5.74) is -1.64. The van der Waals surface area contributed by atoms with Crippen molar-refractivity contribution in [1.82, 2.24) is 25.1 Å². The summed E-state index contributed by atoms with van der Waals surface area (Å²) in [5.74, 6) is -1.48. The first-order chi connectivity index (χ1) is 18.0. The summed E-state index contributed by atoms with van der Waals surface area (Å²) < 4.78 is 64.5. The Labute approximate surface area is 220 Å². The summed E-state index contributed by atoms with van der Waals surface area (Å²) in [7, 11) is 0. The van der Waals surface area contributed by atoms with Crippen LogP contribution in [0.5, 0.6) is 0 Å². The summed E-state index contributed by atoms with van der Waals surface area (Å²) in [6.45, 7) is 2.94. The average molecular weight is 563 g/mol. The van der Waals surface area contributed by atoms with Crippen LogP contribution in [0, 0.1) is 12.7 Å². The van der Waals surface area contributed by atoms with Crippen molar-refractivity contribution in [2.75, 3.05) is 5.32 Å². The maximum Gasteiger partial charge on any atom is 0.434 e. The van der Waals surface area contributed by atoms with Crippen molar-refractivity contribution in [3.63, 3.8) is 0 Å². The second-order valence-electron chi connectivity index (χ2n) is 8.01. The molecule has 3 heterocycles. The molecule has 2 aromatic carbocycles. The Bertz CT molecular complexity index is 1660. The molecular formula is C24H15ClF4N6O2S. The number of aromatic nitrogens is 5. The highest BCUT2D eigenvalue weighted by atomic mass is 35.5. The molecule has 0 bridgehead atoms. The molecule has 0 saturated heterocycles. The maximum atomic E-state index is 14.8. The summed E-state index contributed by atoms with van der Waals surface area (Å²) in [6.07, 6.45) is -3.94. The number of anilines is 1. The van der Waals surface area contributed by atoms with E-state index in [0.29, 0.717) is 9.69 Å². The molecule has 3 aromatic heterocycles. The summed E-state index contributed by atoms with van der Waals surface area (Å²) in [5, 5.41) is 19.0. The van der Waals surface area contributed by atoms with Gasteiger partial charge in [0, 0.05) is 12.6 Å². The number of nitrogens with zero attached hydrogens (tertiary/aromatic N) is 5. The number of halogens is 5. The highest BCUT2D eigenvalue weighted by molar-refractivity contribution is 7.14. The molecule has 14 heteroatoms. The lowest BCUT2D eigenvalue weighted by Crippen LogP contribution is -2.15. The molecule has 0 fully saturated rings. The molecule has 0 radical (unpaired) electrons. The van der Waals surface area contributed by atoms with Crippen molar-refractivity contribution in [1.29, 1.82) is 0 Å². The standard InChI is InChI=1S/C24H15ClF4N6O2S/c1-11(36)31-13-5-3-6-14(9-13)35-22(24(27,28)29)15(10-30-35)21-19(23-33-32-12(2)38-23)20(34-37-21)18-16(25)7-4-8-17(18)26/h3-10H,1-2H3,(H,31,36). The van der Waals surface area contributed by atoms with Gasteiger partial charge in [-0.3, -0.25) is 4.79 Å². The molecule has 1 N–H and O–H groups in total. The minimum Gasteiger partial charge on any atom is -0.355 e. The molecule has 38 heavy (non-hydrogen) atoms. The number of nitrogens with one attached hydrogen (secondary N) is 1. The van der Waals surface area contributed by atoms with Crippen LogP contribution in [0.15, 0.2) is 53.2 Å². The van der Waals surface area contributed by atoms with Crippen LogP contribution in [0.4, 0.5) is 23.2 Å². The zero-order valence-corrected chi connectivity index (χ0v) is 21.0. The van der Waals surface area contributed by atoms with E-state index in [2.05, 4.69) is 25.8 Å². The Morgan fingerprint density at radius 1 is 1.13 bits per heavy atom. The number of hydrogen-bond donors (Lipinski definition) is 1. The van der Waals surface area contributed by atoms with Crippen molar-refractivity contribution < 1.29 is 26.9 Å². The predicted molar refractivity (Wildman–Crippen MR) is 132 cm³/mol. The summed E-state index contributed by atoms with van der Waals surface area (Å²) in [6, 6.07) is 9.70. The second kappa shape index (κ2) is 9.65. The van der Waals surface area contributed by atoms with Crippen LogP contribution in [0.1, 0.15) is 17.6 Å². The Morgan fingerprint density at radius 3 is 2.55 bits per heavy atom. The van der Waals surface area contributed by atoms with Crippen LogP contribution in [0.2, 0.25) is 5.02 Å². The van der Waals surface area contributed by atoms with Gasteiger partial charge in [-0.2, -0.15) is 18.3 Å². The Kier molecular flexibility index (Phi) is 6.49. The summed E-state index contributed by atoms with van der Waals surface area (Å²) in [4.78, 5) is 11.4. The van der Waals surface area contributed by atoms with Gasteiger partial charge < -0.3 is 9.84 Å². The highest BCUT2D eigenvalue weighted by Gasteiger charge is 2.41. The van der Waals surface area contributed by atoms with Crippen molar-refractivity contribution in [3.05, 3.63) is 70.2 Å².